The lowest BCUT2D eigenvalue weighted by Crippen LogP contribution is -2.30. The van der Waals surface area contributed by atoms with Crippen molar-refractivity contribution in [1.82, 2.24) is 4.57 Å². The van der Waals surface area contributed by atoms with E-state index in [0.29, 0.717) is 6.61 Å². The quantitative estimate of drug-likeness (QED) is 0.798. The number of carbonyl (C=O) groups is 1. The van der Waals surface area contributed by atoms with Crippen molar-refractivity contribution in [2.75, 3.05) is 6.61 Å². The highest BCUT2D eigenvalue weighted by atomic mass is 35.5. The number of hydrogen-bond acceptors (Lipinski definition) is 3. The summed E-state index contributed by atoms with van der Waals surface area (Å²) < 4.78 is 6.94. The molecule has 104 valence electrons. The molecule has 0 atom stereocenters. The number of rotatable bonds is 4. The Morgan fingerprint density at radius 2 is 2.11 bits per heavy atom. The van der Waals surface area contributed by atoms with Crippen LogP contribution in [0.5, 0.6) is 5.75 Å². The third kappa shape index (κ3) is 3.00. The average molecular weight is 284 g/mol. The van der Waals surface area contributed by atoms with Gasteiger partial charge in [0.2, 0.25) is 0 Å². The molecule has 1 heterocycles. The molecule has 1 aromatic rings. The van der Waals surface area contributed by atoms with Crippen LogP contribution in [0.4, 0.5) is 0 Å². The number of nitrogens with zero attached hydrogens (tertiary/aromatic N) is 1. The molecule has 5 heteroatoms. The van der Waals surface area contributed by atoms with Crippen molar-refractivity contribution in [3.05, 3.63) is 28.2 Å². The highest BCUT2D eigenvalue weighted by Crippen LogP contribution is 2.28. The second kappa shape index (κ2) is 6.24. The molecule has 19 heavy (non-hydrogen) atoms. The molecule has 0 radical (unpaired) electrons. The number of hydrogen-bond donors (Lipinski definition) is 0. The maximum atomic E-state index is 12.4. The molecule has 0 amide bonds. The first kappa shape index (κ1) is 14.1. The van der Waals surface area contributed by atoms with E-state index < -0.39 is 5.24 Å². The topological polar surface area (TPSA) is 48.3 Å². The molecule has 1 aromatic heterocycles. The summed E-state index contributed by atoms with van der Waals surface area (Å²) in [6.07, 6.45) is 7.12. The Balaban J connectivity index is 2.43. The molecule has 0 spiro atoms. The Labute approximate surface area is 117 Å². The number of carbonyl (C=O) groups excluding carboxylic acids is 1. The van der Waals surface area contributed by atoms with Crippen molar-refractivity contribution in [2.45, 2.75) is 45.1 Å². The minimum atomic E-state index is -0.751. The van der Waals surface area contributed by atoms with Gasteiger partial charge < -0.3 is 9.30 Å². The van der Waals surface area contributed by atoms with Gasteiger partial charge in [-0.05, 0) is 37.4 Å². The summed E-state index contributed by atoms with van der Waals surface area (Å²) in [4.78, 5) is 23.9. The monoisotopic (exact) mass is 283 g/mol. The molecule has 4 nitrogen and oxygen atoms in total. The van der Waals surface area contributed by atoms with Crippen molar-refractivity contribution in [1.29, 1.82) is 0 Å². The smallest absolute Gasteiger partial charge is 0.266 e. The van der Waals surface area contributed by atoms with E-state index in [1.807, 2.05) is 0 Å². The highest BCUT2D eigenvalue weighted by molar-refractivity contribution is 6.68. The van der Waals surface area contributed by atoms with Crippen molar-refractivity contribution >= 4 is 16.8 Å². The van der Waals surface area contributed by atoms with Gasteiger partial charge in [0.25, 0.3) is 10.8 Å². The van der Waals surface area contributed by atoms with Crippen LogP contribution in [0, 0.1) is 0 Å². The molecule has 0 bridgehead atoms. The van der Waals surface area contributed by atoms with Crippen LogP contribution in [0.15, 0.2) is 17.1 Å². The Bertz CT molecular complexity index is 518. The SMILES string of the molecule is CCOc1ccn(C2CCCCC2)c(=O)c1C(=O)Cl. The molecule has 1 fully saturated rings. The first-order valence-corrected chi connectivity index (χ1v) is 7.10. The number of pyridine rings is 1. The number of ether oxygens (including phenoxy) is 1. The molecular weight excluding hydrogens is 266 g/mol. The Hall–Kier alpha value is -1.29. The molecule has 1 aliphatic rings. The first-order valence-electron chi connectivity index (χ1n) is 6.73. The predicted octanol–water partition coefficient (Wildman–Crippen LogP) is 3.13. The first-order chi connectivity index (χ1) is 9.15. The fraction of sp³-hybridized carbons (Fsp3) is 0.571. The lowest BCUT2D eigenvalue weighted by Gasteiger charge is -2.24. The summed E-state index contributed by atoms with van der Waals surface area (Å²) in [7, 11) is 0. The van der Waals surface area contributed by atoms with Crippen LogP contribution in [0.25, 0.3) is 0 Å². The molecule has 0 unspecified atom stereocenters. The van der Waals surface area contributed by atoms with E-state index in [4.69, 9.17) is 16.3 Å². The molecule has 2 rings (SSSR count). The number of halogens is 1. The summed E-state index contributed by atoms with van der Waals surface area (Å²) in [5.41, 5.74) is -0.380. The van der Waals surface area contributed by atoms with Crippen LogP contribution in [0.1, 0.15) is 55.4 Å². The Morgan fingerprint density at radius 1 is 1.42 bits per heavy atom. The summed E-state index contributed by atoms with van der Waals surface area (Å²) in [6.45, 7) is 2.19. The van der Waals surface area contributed by atoms with Crippen LogP contribution in [-0.2, 0) is 0 Å². The molecule has 1 aliphatic carbocycles. The van der Waals surface area contributed by atoms with Gasteiger partial charge in [-0.3, -0.25) is 9.59 Å². The summed E-state index contributed by atoms with van der Waals surface area (Å²) in [5.74, 6) is 0.277. The van der Waals surface area contributed by atoms with Gasteiger partial charge >= 0.3 is 0 Å². The van der Waals surface area contributed by atoms with E-state index >= 15 is 0 Å². The second-order valence-electron chi connectivity index (χ2n) is 4.77. The summed E-state index contributed by atoms with van der Waals surface area (Å²) in [5, 5.41) is -0.751. The van der Waals surface area contributed by atoms with E-state index in [2.05, 4.69) is 0 Å². The molecule has 0 aliphatic heterocycles. The van der Waals surface area contributed by atoms with Gasteiger partial charge in [0.1, 0.15) is 11.3 Å². The van der Waals surface area contributed by atoms with Crippen LogP contribution >= 0.6 is 11.6 Å². The van der Waals surface area contributed by atoms with Crippen LogP contribution in [-0.4, -0.2) is 16.4 Å². The maximum absolute atomic E-state index is 12.4. The average Bonchev–Trinajstić information content (AvgIpc) is 2.40. The zero-order valence-electron chi connectivity index (χ0n) is 11.0. The van der Waals surface area contributed by atoms with Crippen molar-refractivity contribution in [2.24, 2.45) is 0 Å². The van der Waals surface area contributed by atoms with Crippen LogP contribution in [0.3, 0.4) is 0 Å². The van der Waals surface area contributed by atoms with Crippen molar-refractivity contribution in [3.63, 3.8) is 0 Å². The van der Waals surface area contributed by atoms with Gasteiger partial charge in [0.05, 0.1) is 6.61 Å². The fourth-order valence-corrected chi connectivity index (χ4v) is 2.81. The van der Waals surface area contributed by atoms with Crippen LogP contribution < -0.4 is 10.3 Å². The molecule has 0 saturated heterocycles. The highest BCUT2D eigenvalue weighted by Gasteiger charge is 2.22. The molecule has 0 aromatic carbocycles. The van der Waals surface area contributed by atoms with Crippen molar-refractivity contribution < 1.29 is 9.53 Å². The van der Waals surface area contributed by atoms with E-state index in [-0.39, 0.29) is 22.9 Å². The van der Waals surface area contributed by atoms with E-state index in [9.17, 15) is 9.59 Å². The lowest BCUT2D eigenvalue weighted by molar-refractivity contribution is 0.107. The summed E-state index contributed by atoms with van der Waals surface area (Å²) >= 11 is 5.53. The normalized spacial score (nSPS) is 16.3. The molecular formula is C14H18ClNO3. The minimum Gasteiger partial charge on any atom is -0.493 e. The standard InChI is InChI=1S/C14H18ClNO3/c1-2-19-11-8-9-16(10-6-4-3-5-7-10)14(18)12(11)13(15)17/h8-10H,2-7H2,1H3. The lowest BCUT2D eigenvalue weighted by atomic mass is 9.95. The third-order valence-corrected chi connectivity index (χ3v) is 3.73. The zero-order chi connectivity index (χ0) is 13.8. The van der Waals surface area contributed by atoms with Gasteiger partial charge in [0.15, 0.2) is 0 Å². The summed E-state index contributed by atoms with van der Waals surface area (Å²) in [6, 6.07) is 1.83. The van der Waals surface area contributed by atoms with Crippen molar-refractivity contribution in [3.8, 4) is 5.75 Å². The van der Waals surface area contributed by atoms with E-state index in [1.165, 1.54) is 6.42 Å². The largest absolute Gasteiger partial charge is 0.493 e. The fourth-order valence-electron chi connectivity index (χ4n) is 2.64. The van der Waals surface area contributed by atoms with E-state index in [0.717, 1.165) is 25.7 Å². The van der Waals surface area contributed by atoms with Gasteiger partial charge in [-0.1, -0.05) is 19.3 Å². The zero-order valence-corrected chi connectivity index (χ0v) is 11.8. The van der Waals surface area contributed by atoms with Gasteiger partial charge in [-0.25, -0.2) is 0 Å². The van der Waals surface area contributed by atoms with Gasteiger partial charge in [0, 0.05) is 12.2 Å². The molecule has 1 saturated carbocycles. The van der Waals surface area contributed by atoms with Gasteiger partial charge in [-0.2, -0.15) is 0 Å². The Kier molecular flexibility index (Phi) is 4.64. The predicted molar refractivity (Wildman–Crippen MR) is 74.2 cm³/mol. The van der Waals surface area contributed by atoms with Gasteiger partial charge in [-0.15, -0.1) is 0 Å². The minimum absolute atomic E-state index is 0.0448. The molecule has 0 N–H and O–H groups in total. The van der Waals surface area contributed by atoms with Crippen LogP contribution in [0.2, 0.25) is 0 Å². The second-order valence-corrected chi connectivity index (χ2v) is 5.11. The number of aromatic nitrogens is 1. The van der Waals surface area contributed by atoms with E-state index in [1.54, 1.807) is 23.8 Å². The third-order valence-electron chi connectivity index (χ3n) is 3.55. The maximum Gasteiger partial charge on any atom is 0.266 e. The Morgan fingerprint density at radius 3 is 2.68 bits per heavy atom.